The molecule has 0 aliphatic carbocycles. The van der Waals surface area contributed by atoms with E-state index < -0.39 is 5.41 Å². The molecule has 12 heteroatoms. The molecule has 1 atom stereocenters. The van der Waals surface area contributed by atoms with Crippen LogP contribution in [0.15, 0.2) is 75.1 Å². The van der Waals surface area contributed by atoms with Crippen molar-refractivity contribution in [3.05, 3.63) is 94.5 Å². The van der Waals surface area contributed by atoms with Gasteiger partial charge in [-0.3, -0.25) is 29.8 Å². The van der Waals surface area contributed by atoms with Crippen LogP contribution in [0.4, 0.5) is 5.82 Å². The van der Waals surface area contributed by atoms with Crippen molar-refractivity contribution >= 4 is 52.2 Å². The van der Waals surface area contributed by atoms with Gasteiger partial charge in [0.15, 0.2) is 11.5 Å². The van der Waals surface area contributed by atoms with E-state index in [1.54, 1.807) is 11.9 Å². The van der Waals surface area contributed by atoms with E-state index in [2.05, 4.69) is 25.9 Å². The molecule has 0 saturated carbocycles. The first-order valence-electron chi connectivity index (χ1n) is 17.9. The van der Waals surface area contributed by atoms with E-state index in [1.165, 1.54) is 11.9 Å². The standard InChI is InChI=1S/C40H45N9O3/c1-25(2)38-45-31-21-30(10-11-32(31)52-38)35(41)36-26(3)5-12-33(46-36)49-20-16-40(39(49)51)15-19-47(23-40)22-34(50)48-17-13-28(14-18-48)27-6-8-29(9-7-27)37(42)44-24-43-4/h5-13,21,24-25,41H,14-20,22-23H2,1-4H3,(H2,42,43,44)/t40-/m0/s1. The van der Waals surface area contributed by atoms with Crippen molar-refractivity contribution in [2.45, 2.75) is 46.0 Å². The molecule has 7 rings (SSSR count). The van der Waals surface area contributed by atoms with Gasteiger partial charge in [0.1, 0.15) is 23.5 Å². The van der Waals surface area contributed by atoms with Crippen molar-refractivity contribution in [3.63, 3.8) is 0 Å². The van der Waals surface area contributed by atoms with Gasteiger partial charge in [0.05, 0.1) is 23.4 Å². The second-order valence-corrected chi connectivity index (χ2v) is 14.3. The maximum atomic E-state index is 14.0. The zero-order valence-corrected chi connectivity index (χ0v) is 30.2. The Morgan fingerprint density at radius 1 is 1.06 bits per heavy atom. The third-order valence-electron chi connectivity index (χ3n) is 10.5. The molecule has 12 nitrogen and oxygen atoms in total. The normalized spacial score (nSPS) is 19.9. The van der Waals surface area contributed by atoms with Crippen LogP contribution in [0.2, 0.25) is 0 Å². The lowest BCUT2D eigenvalue weighted by Crippen LogP contribution is -2.43. The van der Waals surface area contributed by atoms with E-state index in [0.29, 0.717) is 92.0 Å². The minimum Gasteiger partial charge on any atom is -0.440 e. The molecule has 1 spiro atoms. The molecule has 3 N–H and O–H groups in total. The Morgan fingerprint density at radius 2 is 1.83 bits per heavy atom. The fourth-order valence-corrected chi connectivity index (χ4v) is 7.42. The number of rotatable bonds is 9. The summed E-state index contributed by atoms with van der Waals surface area (Å²) in [6.07, 6.45) is 5.74. The molecule has 5 heterocycles. The lowest BCUT2D eigenvalue weighted by molar-refractivity contribution is -0.132. The van der Waals surface area contributed by atoms with Crippen molar-refractivity contribution in [3.8, 4) is 0 Å². The van der Waals surface area contributed by atoms with Crippen molar-refractivity contribution in [1.82, 2.24) is 19.8 Å². The van der Waals surface area contributed by atoms with Gasteiger partial charge in [0.25, 0.3) is 0 Å². The number of amides is 2. The monoisotopic (exact) mass is 699 g/mol. The number of carbonyl (C=O) groups is 2. The maximum Gasteiger partial charge on any atom is 0.237 e. The molecule has 2 aromatic heterocycles. The van der Waals surface area contributed by atoms with E-state index in [4.69, 9.17) is 20.5 Å². The smallest absolute Gasteiger partial charge is 0.237 e. The van der Waals surface area contributed by atoms with Crippen LogP contribution >= 0.6 is 0 Å². The van der Waals surface area contributed by atoms with Gasteiger partial charge in [0.2, 0.25) is 11.8 Å². The Kier molecular flexibility index (Phi) is 9.58. The van der Waals surface area contributed by atoms with Gasteiger partial charge in [-0.2, -0.15) is 0 Å². The minimum absolute atomic E-state index is 0.0459. The van der Waals surface area contributed by atoms with E-state index in [-0.39, 0.29) is 23.4 Å². The van der Waals surface area contributed by atoms with Gasteiger partial charge in [0, 0.05) is 50.3 Å². The molecule has 4 aromatic rings. The highest BCUT2D eigenvalue weighted by Crippen LogP contribution is 2.42. The molecule has 3 aliphatic heterocycles. The van der Waals surface area contributed by atoms with Crippen molar-refractivity contribution in [2.75, 3.05) is 51.2 Å². The lowest BCUT2D eigenvalue weighted by Gasteiger charge is -2.29. The molecular formula is C40H45N9O3. The zero-order valence-electron chi connectivity index (χ0n) is 30.2. The molecule has 3 aliphatic rings. The van der Waals surface area contributed by atoms with Gasteiger partial charge < -0.3 is 15.1 Å². The van der Waals surface area contributed by atoms with Gasteiger partial charge in [-0.1, -0.05) is 50.3 Å². The molecule has 0 unspecified atom stereocenters. The Morgan fingerprint density at radius 3 is 2.56 bits per heavy atom. The number of aliphatic imine (C=N–C) groups is 2. The number of fused-ring (bicyclic) bond motifs is 1. The van der Waals surface area contributed by atoms with Crippen molar-refractivity contribution in [2.24, 2.45) is 21.1 Å². The highest BCUT2D eigenvalue weighted by Gasteiger charge is 2.51. The largest absolute Gasteiger partial charge is 0.440 e. The van der Waals surface area contributed by atoms with Crippen LogP contribution in [0.5, 0.6) is 0 Å². The summed E-state index contributed by atoms with van der Waals surface area (Å²) < 4.78 is 5.86. The SMILES string of the molecule is CN=CN=C(N)c1ccc(C2=CCN(C(=O)CN3CC[C@]4(CCN(c5ccc(C)c(C(=N)c6ccc7oc(C(C)C)nc7c6)n5)C4=O)C3)CC2)cc1. The molecule has 2 saturated heterocycles. The first-order chi connectivity index (χ1) is 25.0. The Labute approximate surface area is 303 Å². The number of hydrogen-bond donors (Lipinski definition) is 2. The van der Waals surface area contributed by atoms with Crippen LogP contribution in [0.1, 0.15) is 72.9 Å². The van der Waals surface area contributed by atoms with E-state index >= 15 is 0 Å². The number of aryl methyl sites for hydroxylation is 1. The Bertz CT molecular complexity index is 2130. The fraction of sp³-hybridized carbons (Fsp3) is 0.375. The zero-order chi connectivity index (χ0) is 36.6. The van der Waals surface area contributed by atoms with Crippen LogP contribution in [0, 0.1) is 17.7 Å². The summed E-state index contributed by atoms with van der Waals surface area (Å²) in [5.74, 6) is 1.93. The number of amidine groups is 1. The third-order valence-corrected chi connectivity index (χ3v) is 10.5. The average Bonchev–Trinajstić information content (AvgIpc) is 3.87. The van der Waals surface area contributed by atoms with Crippen LogP contribution in [0.25, 0.3) is 16.7 Å². The quantitative estimate of drug-likeness (QED) is 0.180. The summed E-state index contributed by atoms with van der Waals surface area (Å²) in [5.41, 5.74) is 12.4. The number of nitrogens with two attached hydrogens (primary N) is 1. The molecule has 268 valence electrons. The molecule has 0 bridgehead atoms. The number of carbonyl (C=O) groups excluding carboxylic acids is 2. The molecule has 2 amide bonds. The van der Waals surface area contributed by atoms with Crippen LogP contribution < -0.4 is 10.6 Å². The van der Waals surface area contributed by atoms with E-state index in [1.807, 2.05) is 80.3 Å². The number of aromatic nitrogens is 2. The number of pyridine rings is 1. The number of anilines is 1. The predicted octanol–water partition coefficient (Wildman–Crippen LogP) is 5.18. The van der Waals surface area contributed by atoms with Gasteiger partial charge in [-0.05, 0) is 73.7 Å². The number of oxazole rings is 1. The summed E-state index contributed by atoms with van der Waals surface area (Å²) in [5, 5.41) is 9.05. The number of benzene rings is 2. The second kappa shape index (κ2) is 14.3. The highest BCUT2D eigenvalue weighted by molar-refractivity contribution is 6.12. The van der Waals surface area contributed by atoms with Crippen LogP contribution in [-0.2, 0) is 9.59 Å². The molecule has 2 aromatic carbocycles. The molecular weight excluding hydrogens is 654 g/mol. The van der Waals surface area contributed by atoms with Crippen LogP contribution in [-0.4, -0.2) is 95.8 Å². The van der Waals surface area contributed by atoms with E-state index in [9.17, 15) is 9.59 Å². The van der Waals surface area contributed by atoms with Gasteiger partial charge in [-0.25, -0.2) is 15.0 Å². The topological polar surface area (TPSA) is 157 Å². The lowest BCUT2D eigenvalue weighted by atomic mass is 9.85. The Hall–Kier alpha value is -5.49. The van der Waals surface area contributed by atoms with Crippen molar-refractivity contribution in [1.29, 1.82) is 5.41 Å². The maximum absolute atomic E-state index is 14.0. The fourth-order valence-electron chi connectivity index (χ4n) is 7.42. The van der Waals surface area contributed by atoms with E-state index in [0.717, 1.165) is 23.1 Å². The minimum atomic E-state index is -0.537. The average molecular weight is 700 g/mol. The van der Waals surface area contributed by atoms with Gasteiger partial charge >= 0.3 is 0 Å². The van der Waals surface area contributed by atoms with Gasteiger partial charge in [-0.15, -0.1) is 0 Å². The number of likely N-dealkylation sites (tertiary alicyclic amines) is 1. The molecule has 52 heavy (non-hydrogen) atoms. The molecule has 2 fully saturated rings. The summed E-state index contributed by atoms with van der Waals surface area (Å²) >= 11 is 0. The predicted molar refractivity (Wildman–Crippen MR) is 204 cm³/mol. The first kappa shape index (κ1) is 34.9. The highest BCUT2D eigenvalue weighted by atomic mass is 16.3. The summed E-state index contributed by atoms with van der Waals surface area (Å²) in [6.45, 7) is 9.30. The Balaban J connectivity index is 0.969. The summed E-state index contributed by atoms with van der Waals surface area (Å²) in [7, 11) is 1.65. The molecule has 0 radical (unpaired) electrons. The number of nitrogens with one attached hydrogen (secondary N) is 1. The second-order valence-electron chi connectivity index (χ2n) is 14.3. The summed E-state index contributed by atoms with van der Waals surface area (Å²) in [4.78, 5) is 50.7. The summed E-state index contributed by atoms with van der Waals surface area (Å²) in [6, 6.07) is 17.3. The number of hydrogen-bond acceptors (Lipinski definition) is 8. The van der Waals surface area contributed by atoms with Crippen LogP contribution in [0.3, 0.4) is 0 Å². The third kappa shape index (κ3) is 6.78. The van der Waals surface area contributed by atoms with Crippen molar-refractivity contribution < 1.29 is 14.0 Å². The number of nitrogens with zero attached hydrogens (tertiary/aromatic N) is 7. The first-order valence-corrected chi connectivity index (χ1v) is 17.9.